The van der Waals surface area contributed by atoms with Gasteiger partial charge in [-0.3, -0.25) is 4.90 Å². The summed E-state index contributed by atoms with van der Waals surface area (Å²) in [5, 5.41) is 0.459. The van der Waals surface area contributed by atoms with Crippen molar-refractivity contribution >= 4 is 33.2 Å². The molecule has 1 heterocycles. The van der Waals surface area contributed by atoms with Crippen LogP contribution in [0, 0.1) is 6.92 Å². The maximum absolute atomic E-state index is 13.0. The number of halogens is 2. The minimum absolute atomic E-state index is 0.0178. The molecule has 1 fully saturated rings. The average Bonchev–Trinajstić information content (AvgIpc) is 2.64. The van der Waals surface area contributed by atoms with Crippen LogP contribution < -0.4 is 4.72 Å². The molecule has 1 N–H and O–H groups in total. The van der Waals surface area contributed by atoms with E-state index in [1.54, 1.807) is 6.07 Å². The third-order valence-corrected chi connectivity index (χ3v) is 6.69. The van der Waals surface area contributed by atoms with Gasteiger partial charge in [0, 0.05) is 24.7 Å². The Morgan fingerprint density at radius 2 is 1.78 bits per heavy atom. The Labute approximate surface area is 170 Å². The maximum Gasteiger partial charge on any atom is 0.242 e. The van der Waals surface area contributed by atoms with Crippen LogP contribution in [0.25, 0.3) is 0 Å². The molecule has 0 unspecified atom stereocenters. The first-order chi connectivity index (χ1) is 12.8. The van der Waals surface area contributed by atoms with E-state index in [1.165, 1.54) is 12.1 Å². The summed E-state index contributed by atoms with van der Waals surface area (Å²) in [4.78, 5) is 2.17. The molecule has 1 aliphatic rings. The van der Waals surface area contributed by atoms with E-state index in [0.29, 0.717) is 24.8 Å². The maximum atomic E-state index is 13.0. The van der Waals surface area contributed by atoms with E-state index in [4.69, 9.17) is 27.9 Å². The molecule has 0 aromatic heterocycles. The van der Waals surface area contributed by atoms with Crippen molar-refractivity contribution in [2.45, 2.75) is 17.9 Å². The number of nitrogens with zero attached hydrogens (tertiary/aromatic N) is 1. The molecule has 146 valence electrons. The Balaban J connectivity index is 1.89. The summed E-state index contributed by atoms with van der Waals surface area (Å²) in [5.41, 5.74) is 2.01. The fourth-order valence-electron chi connectivity index (χ4n) is 2.99. The Kier molecular flexibility index (Phi) is 6.78. The summed E-state index contributed by atoms with van der Waals surface area (Å²) in [5.74, 6) is 0. The fraction of sp³-hybridized carbons (Fsp3) is 0.368. The third kappa shape index (κ3) is 5.44. The number of hydrogen-bond donors (Lipinski definition) is 1. The van der Waals surface area contributed by atoms with E-state index in [1.807, 2.05) is 31.2 Å². The van der Waals surface area contributed by atoms with E-state index in [9.17, 15) is 8.42 Å². The summed E-state index contributed by atoms with van der Waals surface area (Å²) >= 11 is 12.1. The lowest BCUT2D eigenvalue weighted by Gasteiger charge is -2.31. The Morgan fingerprint density at radius 1 is 1.11 bits per heavy atom. The monoisotopic (exact) mass is 428 g/mol. The summed E-state index contributed by atoms with van der Waals surface area (Å²) in [7, 11) is -3.85. The first-order valence-corrected chi connectivity index (χ1v) is 10.9. The van der Waals surface area contributed by atoms with Crippen molar-refractivity contribution in [3.05, 3.63) is 63.6 Å². The third-order valence-electron chi connectivity index (χ3n) is 4.50. The zero-order valence-corrected chi connectivity index (χ0v) is 17.3. The van der Waals surface area contributed by atoms with Crippen molar-refractivity contribution in [3.8, 4) is 0 Å². The molecule has 8 heteroatoms. The van der Waals surface area contributed by atoms with Gasteiger partial charge >= 0.3 is 0 Å². The number of benzene rings is 2. The molecule has 0 saturated carbocycles. The standard InChI is InChI=1S/C19H22Cl2N2O3S/c1-14-2-4-15(5-3-14)18(13-23-8-10-26-11-9-23)22-27(24,25)19-12-16(20)6-7-17(19)21/h2-7,12,18,22H,8-11,13H2,1H3/t18-/m1/s1. The Bertz CT molecular complexity index is 882. The van der Waals surface area contributed by atoms with Crippen LogP contribution in [0.15, 0.2) is 47.4 Å². The molecular formula is C19H22Cl2N2O3S. The second kappa shape index (κ2) is 8.90. The molecule has 1 atom stereocenters. The van der Waals surface area contributed by atoms with E-state index < -0.39 is 16.1 Å². The molecule has 0 radical (unpaired) electrons. The summed E-state index contributed by atoms with van der Waals surface area (Å²) in [6.45, 7) is 5.37. The highest BCUT2D eigenvalue weighted by molar-refractivity contribution is 7.89. The minimum atomic E-state index is -3.85. The molecular weight excluding hydrogens is 407 g/mol. The predicted octanol–water partition coefficient (Wildman–Crippen LogP) is 3.65. The predicted molar refractivity (Wildman–Crippen MR) is 108 cm³/mol. The lowest BCUT2D eigenvalue weighted by molar-refractivity contribution is 0.0345. The van der Waals surface area contributed by atoms with Crippen molar-refractivity contribution in [2.75, 3.05) is 32.8 Å². The molecule has 1 aliphatic heterocycles. The van der Waals surface area contributed by atoms with Crippen molar-refractivity contribution in [1.29, 1.82) is 0 Å². The molecule has 2 aromatic carbocycles. The largest absolute Gasteiger partial charge is 0.379 e. The Hall–Kier alpha value is -1.15. The zero-order chi connectivity index (χ0) is 19.4. The van der Waals surface area contributed by atoms with Gasteiger partial charge in [0.25, 0.3) is 0 Å². The van der Waals surface area contributed by atoms with Gasteiger partial charge in [0.2, 0.25) is 10.0 Å². The first-order valence-electron chi connectivity index (χ1n) is 8.69. The van der Waals surface area contributed by atoms with E-state index in [2.05, 4.69) is 9.62 Å². The summed E-state index contributed by atoms with van der Waals surface area (Å²) in [6.07, 6.45) is 0. The van der Waals surface area contributed by atoms with Crippen LogP contribution >= 0.6 is 23.2 Å². The van der Waals surface area contributed by atoms with E-state index in [-0.39, 0.29) is 9.92 Å². The smallest absolute Gasteiger partial charge is 0.242 e. The van der Waals surface area contributed by atoms with Crippen LogP contribution in [0.2, 0.25) is 10.0 Å². The molecule has 5 nitrogen and oxygen atoms in total. The SMILES string of the molecule is Cc1ccc([C@@H](CN2CCOCC2)NS(=O)(=O)c2cc(Cl)ccc2Cl)cc1. The molecule has 27 heavy (non-hydrogen) atoms. The molecule has 0 bridgehead atoms. The van der Waals surface area contributed by atoms with Crippen molar-refractivity contribution in [1.82, 2.24) is 9.62 Å². The lowest BCUT2D eigenvalue weighted by atomic mass is 10.1. The van der Waals surface area contributed by atoms with E-state index >= 15 is 0 Å². The van der Waals surface area contributed by atoms with Crippen molar-refractivity contribution < 1.29 is 13.2 Å². The average molecular weight is 429 g/mol. The fourth-order valence-corrected chi connectivity index (χ4v) is 4.96. The van der Waals surface area contributed by atoms with Gasteiger partial charge in [0.1, 0.15) is 4.90 Å². The zero-order valence-electron chi connectivity index (χ0n) is 15.0. The minimum Gasteiger partial charge on any atom is -0.379 e. The molecule has 0 spiro atoms. The second-order valence-corrected chi connectivity index (χ2v) is 9.10. The van der Waals surface area contributed by atoms with Crippen LogP contribution in [-0.2, 0) is 14.8 Å². The molecule has 0 aliphatic carbocycles. The number of nitrogens with one attached hydrogen (secondary N) is 1. The van der Waals surface area contributed by atoms with Gasteiger partial charge in [-0.15, -0.1) is 0 Å². The van der Waals surface area contributed by atoms with Crippen LogP contribution in [0.1, 0.15) is 17.2 Å². The van der Waals surface area contributed by atoms with Crippen LogP contribution in [-0.4, -0.2) is 46.2 Å². The summed E-state index contributed by atoms with van der Waals surface area (Å²) < 4.78 is 34.2. The number of morpholine rings is 1. The van der Waals surface area contributed by atoms with Gasteiger partial charge in [-0.25, -0.2) is 13.1 Å². The molecule has 1 saturated heterocycles. The highest BCUT2D eigenvalue weighted by Gasteiger charge is 2.26. The second-order valence-electron chi connectivity index (χ2n) is 6.57. The van der Waals surface area contributed by atoms with E-state index in [0.717, 1.165) is 24.2 Å². The molecule has 3 rings (SSSR count). The van der Waals surface area contributed by atoms with Crippen LogP contribution in [0.4, 0.5) is 0 Å². The molecule has 0 amide bonds. The number of aryl methyl sites for hydroxylation is 1. The van der Waals surface area contributed by atoms with Gasteiger partial charge in [0.05, 0.1) is 24.3 Å². The quantitative estimate of drug-likeness (QED) is 0.762. The number of sulfonamides is 1. The van der Waals surface area contributed by atoms with Gasteiger partial charge in [-0.05, 0) is 30.7 Å². The van der Waals surface area contributed by atoms with Crippen molar-refractivity contribution in [3.63, 3.8) is 0 Å². The van der Waals surface area contributed by atoms with Gasteiger partial charge in [-0.2, -0.15) is 0 Å². The number of ether oxygens (including phenoxy) is 1. The molecule has 2 aromatic rings. The van der Waals surface area contributed by atoms with Gasteiger partial charge < -0.3 is 4.74 Å². The van der Waals surface area contributed by atoms with Gasteiger partial charge in [-0.1, -0.05) is 53.0 Å². The highest BCUT2D eigenvalue weighted by Crippen LogP contribution is 2.27. The lowest BCUT2D eigenvalue weighted by Crippen LogP contribution is -2.43. The normalized spacial score (nSPS) is 17.0. The van der Waals surface area contributed by atoms with Crippen LogP contribution in [0.3, 0.4) is 0 Å². The number of rotatable bonds is 6. The first kappa shape index (κ1) is 20.6. The van der Waals surface area contributed by atoms with Crippen LogP contribution in [0.5, 0.6) is 0 Å². The highest BCUT2D eigenvalue weighted by atomic mass is 35.5. The van der Waals surface area contributed by atoms with Crippen molar-refractivity contribution in [2.24, 2.45) is 0 Å². The van der Waals surface area contributed by atoms with Gasteiger partial charge in [0.15, 0.2) is 0 Å². The summed E-state index contributed by atoms with van der Waals surface area (Å²) in [6, 6.07) is 11.8. The Morgan fingerprint density at radius 3 is 2.44 bits per heavy atom. The number of hydrogen-bond acceptors (Lipinski definition) is 4. The topological polar surface area (TPSA) is 58.6 Å².